The molecule has 0 aliphatic rings. The molecule has 1 aromatic carbocycles. The van der Waals surface area contributed by atoms with Crippen LogP contribution >= 0.6 is 11.6 Å². The molecular weight excluding hydrogens is 458 g/mol. The van der Waals surface area contributed by atoms with Crippen molar-refractivity contribution in [2.75, 3.05) is 12.4 Å². The van der Waals surface area contributed by atoms with Crippen LogP contribution in [-0.2, 0) is 24.3 Å². The molecular formula is C24H32ClN5O4. The van der Waals surface area contributed by atoms with Crippen molar-refractivity contribution in [3.05, 3.63) is 49.4 Å². The Balaban J connectivity index is 1.93. The Morgan fingerprint density at radius 1 is 1.26 bits per heavy atom. The lowest BCUT2D eigenvalue weighted by molar-refractivity contribution is -0.116. The zero-order valence-electron chi connectivity index (χ0n) is 20.3. The molecule has 0 saturated carbocycles. The third-order valence-corrected chi connectivity index (χ3v) is 5.99. The Morgan fingerprint density at radius 2 is 2.00 bits per heavy atom. The van der Waals surface area contributed by atoms with Crippen LogP contribution in [0.4, 0.5) is 5.69 Å². The smallest absolute Gasteiger partial charge is 0.330 e. The highest BCUT2D eigenvalue weighted by atomic mass is 35.5. The molecule has 0 atom stereocenters. The van der Waals surface area contributed by atoms with Gasteiger partial charge in [0.2, 0.25) is 5.91 Å². The number of carbonyl (C=O) groups excluding carboxylic acids is 1. The molecule has 3 rings (SSSR count). The molecule has 2 heterocycles. The van der Waals surface area contributed by atoms with Gasteiger partial charge in [-0.05, 0) is 30.9 Å². The Bertz CT molecular complexity index is 1310. The van der Waals surface area contributed by atoms with E-state index in [4.69, 9.17) is 16.3 Å². The number of hydrogen-bond donors (Lipinski definition) is 2. The van der Waals surface area contributed by atoms with E-state index in [2.05, 4.69) is 15.3 Å². The van der Waals surface area contributed by atoms with Gasteiger partial charge in [-0.25, -0.2) is 9.78 Å². The summed E-state index contributed by atoms with van der Waals surface area (Å²) in [4.78, 5) is 45.0. The summed E-state index contributed by atoms with van der Waals surface area (Å²) < 4.78 is 8.68. The monoisotopic (exact) mass is 489 g/mol. The van der Waals surface area contributed by atoms with E-state index in [-0.39, 0.29) is 18.2 Å². The molecule has 0 aliphatic heterocycles. The third kappa shape index (κ3) is 5.52. The Kier molecular flexibility index (Phi) is 8.19. The van der Waals surface area contributed by atoms with E-state index in [1.807, 2.05) is 32.3 Å². The number of aromatic amines is 1. The first-order valence-electron chi connectivity index (χ1n) is 11.5. The van der Waals surface area contributed by atoms with Gasteiger partial charge < -0.3 is 14.6 Å². The lowest BCUT2D eigenvalue weighted by atomic mass is 10.2. The minimum absolute atomic E-state index is 0.142. The predicted octanol–water partition coefficient (Wildman–Crippen LogP) is 3.88. The van der Waals surface area contributed by atoms with Crippen LogP contribution in [0.3, 0.4) is 0 Å². The maximum Gasteiger partial charge on any atom is 0.330 e. The van der Waals surface area contributed by atoms with E-state index in [9.17, 15) is 14.4 Å². The van der Waals surface area contributed by atoms with Crippen LogP contribution in [0.1, 0.15) is 51.4 Å². The molecule has 0 radical (unpaired) electrons. The molecule has 0 spiro atoms. The fourth-order valence-corrected chi connectivity index (χ4v) is 4.02. The van der Waals surface area contributed by atoms with Crippen molar-refractivity contribution in [2.24, 2.45) is 5.92 Å². The molecule has 0 unspecified atom stereocenters. The number of unbranched alkanes of at least 4 members (excludes halogenated alkanes) is 1. The van der Waals surface area contributed by atoms with Crippen molar-refractivity contribution in [3.8, 4) is 5.75 Å². The number of nitrogens with one attached hydrogen (secondary N) is 2. The predicted molar refractivity (Wildman–Crippen MR) is 134 cm³/mol. The molecule has 0 aliphatic carbocycles. The number of carbonyl (C=O) groups is 1. The number of aryl methyl sites for hydroxylation is 3. The van der Waals surface area contributed by atoms with Crippen LogP contribution in [0.15, 0.2) is 21.7 Å². The second kappa shape index (κ2) is 10.9. The third-order valence-electron chi connectivity index (χ3n) is 5.58. The number of imidazole rings is 1. The first kappa shape index (κ1) is 25.6. The molecule has 10 heteroatoms. The molecule has 2 N–H and O–H groups in total. The zero-order chi connectivity index (χ0) is 25.0. The number of hydrogen-bond acceptors (Lipinski definition) is 5. The first-order valence-corrected chi connectivity index (χ1v) is 11.9. The fraction of sp³-hybridized carbons (Fsp3) is 0.500. The highest BCUT2D eigenvalue weighted by Crippen LogP contribution is 2.31. The standard InChI is InChI=1S/C24H32ClN5O4/c1-6-7-10-29-22-21(23(32)28-24(29)33)30(13-14(2)3)19(27-22)8-9-20(31)26-17-11-15(4)16(25)12-18(17)34-5/h11-12,14H,6-10,13H2,1-5H3,(H,26,31)(H,28,32,33). The van der Waals surface area contributed by atoms with Gasteiger partial charge in [0, 0.05) is 37.0 Å². The molecule has 3 aromatic rings. The summed E-state index contributed by atoms with van der Waals surface area (Å²) in [6.45, 7) is 8.98. The van der Waals surface area contributed by atoms with E-state index in [0.29, 0.717) is 53.0 Å². The Hall–Kier alpha value is -3.07. The van der Waals surface area contributed by atoms with Crippen molar-refractivity contribution >= 4 is 34.4 Å². The fourth-order valence-electron chi connectivity index (χ4n) is 3.86. The lowest BCUT2D eigenvalue weighted by Crippen LogP contribution is -2.31. The van der Waals surface area contributed by atoms with E-state index in [0.717, 1.165) is 18.4 Å². The van der Waals surface area contributed by atoms with E-state index in [1.165, 1.54) is 11.7 Å². The van der Waals surface area contributed by atoms with Gasteiger partial charge in [-0.1, -0.05) is 38.8 Å². The highest BCUT2D eigenvalue weighted by Gasteiger charge is 2.20. The molecule has 1 amide bonds. The van der Waals surface area contributed by atoms with Gasteiger partial charge in [0.1, 0.15) is 11.6 Å². The summed E-state index contributed by atoms with van der Waals surface area (Å²) >= 11 is 6.15. The zero-order valence-corrected chi connectivity index (χ0v) is 21.1. The normalized spacial score (nSPS) is 11.4. The van der Waals surface area contributed by atoms with Gasteiger partial charge in [-0.2, -0.15) is 0 Å². The number of amides is 1. The van der Waals surface area contributed by atoms with Crippen LogP contribution in [0.5, 0.6) is 5.75 Å². The van der Waals surface area contributed by atoms with E-state index >= 15 is 0 Å². The molecule has 0 fully saturated rings. The summed E-state index contributed by atoms with van der Waals surface area (Å²) in [5.41, 5.74) is 1.17. The number of benzene rings is 1. The number of nitrogens with zero attached hydrogens (tertiary/aromatic N) is 3. The van der Waals surface area contributed by atoms with Crippen LogP contribution in [0, 0.1) is 12.8 Å². The lowest BCUT2D eigenvalue weighted by Gasteiger charge is -2.13. The van der Waals surface area contributed by atoms with Crippen molar-refractivity contribution in [3.63, 3.8) is 0 Å². The number of ether oxygens (including phenoxy) is 1. The van der Waals surface area contributed by atoms with Crippen molar-refractivity contribution in [1.82, 2.24) is 19.1 Å². The summed E-state index contributed by atoms with van der Waals surface area (Å²) in [7, 11) is 1.51. The van der Waals surface area contributed by atoms with Crippen LogP contribution in [-0.4, -0.2) is 32.1 Å². The molecule has 2 aromatic heterocycles. The molecule has 184 valence electrons. The molecule has 0 saturated heterocycles. The van der Waals surface area contributed by atoms with E-state index < -0.39 is 11.2 Å². The van der Waals surface area contributed by atoms with Crippen LogP contribution < -0.4 is 21.3 Å². The molecule has 0 bridgehead atoms. The largest absolute Gasteiger partial charge is 0.495 e. The quantitative estimate of drug-likeness (QED) is 0.449. The second-order valence-electron chi connectivity index (χ2n) is 8.82. The van der Waals surface area contributed by atoms with Gasteiger partial charge in [-0.15, -0.1) is 0 Å². The Morgan fingerprint density at radius 3 is 2.65 bits per heavy atom. The van der Waals surface area contributed by atoms with E-state index in [1.54, 1.807) is 12.1 Å². The summed E-state index contributed by atoms with van der Waals surface area (Å²) in [6, 6.07) is 3.43. The number of methoxy groups -OCH3 is 1. The first-order chi connectivity index (χ1) is 16.2. The minimum Gasteiger partial charge on any atom is -0.495 e. The average molecular weight is 490 g/mol. The molecule has 9 nitrogen and oxygen atoms in total. The number of rotatable bonds is 10. The summed E-state index contributed by atoms with van der Waals surface area (Å²) in [5, 5.41) is 3.42. The topological polar surface area (TPSA) is 111 Å². The van der Waals surface area contributed by atoms with Gasteiger partial charge >= 0.3 is 5.69 Å². The van der Waals surface area contributed by atoms with Gasteiger partial charge in [0.15, 0.2) is 11.2 Å². The summed E-state index contributed by atoms with van der Waals surface area (Å²) in [6.07, 6.45) is 2.14. The summed E-state index contributed by atoms with van der Waals surface area (Å²) in [5.74, 6) is 1.09. The van der Waals surface area contributed by atoms with Crippen molar-refractivity contribution in [1.29, 1.82) is 0 Å². The number of fused-ring (bicyclic) bond motifs is 1. The minimum atomic E-state index is -0.463. The van der Waals surface area contributed by atoms with Crippen molar-refractivity contribution < 1.29 is 9.53 Å². The number of aromatic nitrogens is 4. The maximum atomic E-state index is 12.8. The maximum absolute atomic E-state index is 12.8. The van der Waals surface area contributed by atoms with Crippen LogP contribution in [0.2, 0.25) is 5.02 Å². The number of H-pyrrole nitrogens is 1. The Labute approximate surface area is 203 Å². The second-order valence-corrected chi connectivity index (χ2v) is 9.23. The average Bonchev–Trinajstić information content (AvgIpc) is 3.12. The van der Waals surface area contributed by atoms with Crippen LogP contribution in [0.25, 0.3) is 11.2 Å². The number of anilines is 1. The SMILES string of the molecule is CCCCn1c(=O)[nH]c(=O)c2c1nc(CCC(=O)Nc1cc(C)c(Cl)cc1OC)n2CC(C)C. The molecule has 34 heavy (non-hydrogen) atoms. The van der Waals surface area contributed by atoms with Crippen molar-refractivity contribution in [2.45, 2.75) is 66.5 Å². The van der Waals surface area contributed by atoms with Gasteiger partial charge in [0.25, 0.3) is 5.56 Å². The number of halogens is 1. The van der Waals surface area contributed by atoms with Gasteiger partial charge in [-0.3, -0.25) is 19.1 Å². The highest BCUT2D eigenvalue weighted by molar-refractivity contribution is 6.31. The van der Waals surface area contributed by atoms with Gasteiger partial charge in [0.05, 0.1) is 12.8 Å².